The van der Waals surface area contributed by atoms with Gasteiger partial charge in [-0.15, -0.1) is 0 Å². The zero-order chi connectivity index (χ0) is 22.7. The highest BCUT2D eigenvalue weighted by Gasteiger charge is 2.20. The van der Waals surface area contributed by atoms with Gasteiger partial charge in [-0.2, -0.15) is 4.98 Å². The van der Waals surface area contributed by atoms with Crippen LogP contribution in [0.4, 0.5) is 5.82 Å². The minimum atomic E-state index is -0.0597. The second kappa shape index (κ2) is 9.31. The Bertz CT molecular complexity index is 1250. The molecule has 0 radical (unpaired) electrons. The van der Waals surface area contributed by atoms with Crippen LogP contribution in [-0.4, -0.2) is 40.6 Å². The molecule has 0 aliphatic rings. The van der Waals surface area contributed by atoms with Crippen molar-refractivity contribution in [1.29, 1.82) is 0 Å². The fraction of sp³-hybridized carbons (Fsp3) is 0.333. The smallest absolute Gasteiger partial charge is 0.305 e. The van der Waals surface area contributed by atoms with E-state index in [0.717, 1.165) is 6.42 Å². The molecule has 1 N–H and O–H groups in total. The van der Waals surface area contributed by atoms with E-state index >= 15 is 0 Å². The molecule has 3 heterocycles. The van der Waals surface area contributed by atoms with Gasteiger partial charge in [-0.3, -0.25) is 4.79 Å². The Morgan fingerprint density at radius 2 is 2.00 bits per heavy atom. The van der Waals surface area contributed by atoms with Crippen LogP contribution in [0.2, 0.25) is 5.02 Å². The molecule has 32 heavy (non-hydrogen) atoms. The van der Waals surface area contributed by atoms with Crippen molar-refractivity contribution in [2.45, 2.75) is 33.3 Å². The number of imidazole rings is 1. The molecule has 3 aromatic heterocycles. The van der Waals surface area contributed by atoms with E-state index in [-0.39, 0.29) is 18.5 Å². The molecule has 0 saturated heterocycles. The minimum Gasteiger partial charge on any atom is -0.458 e. The summed E-state index contributed by atoms with van der Waals surface area (Å²) in [5.74, 6) is 1.32. The summed E-state index contributed by atoms with van der Waals surface area (Å²) in [6.07, 6.45) is 1.28. The molecule has 4 aromatic rings. The first kappa shape index (κ1) is 21.7. The minimum absolute atomic E-state index is 0.0597. The third-order valence-electron chi connectivity index (χ3n) is 4.78. The standard InChI is InChI=1S/C21H23ClN8O2/c1-13(2)10-11-18(31)24-17-9-4-6-14(23-17)12-32-21-25-19-15(22)7-5-8-16(19)30(21)20-26-27-28-29(20)3/h4-9,13H,10-12H2,1-3H3,(H,23,24,31). The van der Waals surface area contributed by atoms with Crippen molar-refractivity contribution in [1.82, 2.24) is 34.7 Å². The van der Waals surface area contributed by atoms with E-state index in [0.29, 0.717) is 45.9 Å². The number of hydrogen-bond donors (Lipinski definition) is 1. The van der Waals surface area contributed by atoms with E-state index in [1.807, 2.05) is 24.3 Å². The second-order valence-electron chi connectivity index (χ2n) is 7.72. The average Bonchev–Trinajstić information content (AvgIpc) is 3.34. The number of anilines is 1. The molecule has 0 fully saturated rings. The Morgan fingerprint density at radius 1 is 1.19 bits per heavy atom. The lowest BCUT2D eigenvalue weighted by Gasteiger charge is -2.10. The average molecular weight is 455 g/mol. The predicted molar refractivity (Wildman–Crippen MR) is 120 cm³/mol. The second-order valence-corrected chi connectivity index (χ2v) is 8.13. The first-order valence-corrected chi connectivity index (χ1v) is 10.6. The number of nitrogens with zero attached hydrogens (tertiary/aromatic N) is 7. The molecular weight excluding hydrogens is 432 g/mol. The zero-order valence-corrected chi connectivity index (χ0v) is 18.7. The number of halogens is 1. The largest absolute Gasteiger partial charge is 0.458 e. The fourth-order valence-electron chi connectivity index (χ4n) is 3.14. The van der Waals surface area contributed by atoms with Crippen molar-refractivity contribution < 1.29 is 9.53 Å². The highest BCUT2D eigenvalue weighted by molar-refractivity contribution is 6.35. The number of fused-ring (bicyclic) bond motifs is 1. The summed E-state index contributed by atoms with van der Waals surface area (Å²) in [6, 6.07) is 11.1. The first-order chi connectivity index (χ1) is 15.4. The third kappa shape index (κ3) is 4.70. The summed E-state index contributed by atoms with van der Waals surface area (Å²) in [4.78, 5) is 21.1. The van der Waals surface area contributed by atoms with Crippen molar-refractivity contribution in [2.24, 2.45) is 13.0 Å². The molecule has 0 aliphatic carbocycles. The number of nitrogens with one attached hydrogen (secondary N) is 1. The van der Waals surface area contributed by atoms with Gasteiger partial charge in [0.1, 0.15) is 17.9 Å². The van der Waals surface area contributed by atoms with Gasteiger partial charge < -0.3 is 10.1 Å². The van der Waals surface area contributed by atoms with Crippen LogP contribution < -0.4 is 10.1 Å². The third-order valence-corrected chi connectivity index (χ3v) is 5.08. The highest BCUT2D eigenvalue weighted by atomic mass is 35.5. The van der Waals surface area contributed by atoms with Gasteiger partial charge in [0, 0.05) is 13.5 Å². The van der Waals surface area contributed by atoms with Crippen LogP contribution in [0, 0.1) is 5.92 Å². The predicted octanol–water partition coefficient (Wildman–Crippen LogP) is 3.55. The number of pyridine rings is 1. The van der Waals surface area contributed by atoms with E-state index in [9.17, 15) is 4.79 Å². The van der Waals surface area contributed by atoms with Gasteiger partial charge >= 0.3 is 6.01 Å². The number of carbonyl (C=O) groups is 1. The van der Waals surface area contributed by atoms with Crippen LogP contribution in [0.25, 0.3) is 17.0 Å². The lowest BCUT2D eigenvalue weighted by Crippen LogP contribution is -2.14. The van der Waals surface area contributed by atoms with Crippen molar-refractivity contribution in [2.75, 3.05) is 5.32 Å². The van der Waals surface area contributed by atoms with E-state index in [4.69, 9.17) is 16.3 Å². The summed E-state index contributed by atoms with van der Waals surface area (Å²) in [7, 11) is 1.72. The molecule has 1 amide bonds. The van der Waals surface area contributed by atoms with Crippen LogP contribution >= 0.6 is 11.6 Å². The molecule has 0 bridgehead atoms. The Balaban J connectivity index is 1.56. The number of benzene rings is 1. The van der Waals surface area contributed by atoms with Gasteiger partial charge in [0.25, 0.3) is 5.95 Å². The lowest BCUT2D eigenvalue weighted by atomic mass is 10.1. The normalized spacial score (nSPS) is 11.3. The SMILES string of the molecule is CC(C)CCC(=O)Nc1cccc(COc2nc3c(Cl)cccc3n2-c2nnnn2C)n1. The summed E-state index contributed by atoms with van der Waals surface area (Å²) < 4.78 is 9.20. The van der Waals surface area contributed by atoms with E-state index < -0.39 is 0 Å². The molecule has 0 aliphatic heterocycles. The van der Waals surface area contributed by atoms with Gasteiger partial charge in [-0.25, -0.2) is 14.2 Å². The first-order valence-electron chi connectivity index (χ1n) is 10.2. The number of amides is 1. The van der Waals surface area contributed by atoms with Crippen molar-refractivity contribution in [3.63, 3.8) is 0 Å². The van der Waals surface area contributed by atoms with Crippen molar-refractivity contribution >= 4 is 34.4 Å². The molecule has 0 atom stereocenters. The number of carbonyl (C=O) groups excluding carboxylic acids is 1. The molecule has 11 heteroatoms. The van der Waals surface area contributed by atoms with Crippen LogP contribution in [0.3, 0.4) is 0 Å². The Hall–Kier alpha value is -3.53. The van der Waals surface area contributed by atoms with Gasteiger partial charge in [0.05, 0.1) is 16.2 Å². The highest BCUT2D eigenvalue weighted by Crippen LogP contribution is 2.29. The lowest BCUT2D eigenvalue weighted by molar-refractivity contribution is -0.116. The van der Waals surface area contributed by atoms with Gasteiger partial charge in [-0.1, -0.05) is 42.7 Å². The van der Waals surface area contributed by atoms with Crippen LogP contribution in [0.5, 0.6) is 6.01 Å². The molecular formula is C21H23ClN8O2. The van der Waals surface area contributed by atoms with Crippen LogP contribution in [0.1, 0.15) is 32.4 Å². The van der Waals surface area contributed by atoms with Crippen molar-refractivity contribution in [3.05, 3.63) is 47.1 Å². The maximum Gasteiger partial charge on any atom is 0.305 e. The number of ether oxygens (including phenoxy) is 1. The maximum absolute atomic E-state index is 12.1. The van der Waals surface area contributed by atoms with E-state index in [1.54, 1.807) is 23.7 Å². The Morgan fingerprint density at radius 3 is 2.75 bits per heavy atom. The molecule has 0 saturated carbocycles. The molecule has 166 valence electrons. The van der Waals surface area contributed by atoms with Gasteiger partial charge in [-0.05, 0) is 47.0 Å². The monoisotopic (exact) mass is 454 g/mol. The molecule has 10 nitrogen and oxygen atoms in total. The topological polar surface area (TPSA) is 113 Å². The number of rotatable bonds is 8. The Kier molecular flexibility index (Phi) is 6.31. The van der Waals surface area contributed by atoms with E-state index in [1.165, 1.54) is 4.68 Å². The van der Waals surface area contributed by atoms with E-state index in [2.05, 4.69) is 44.7 Å². The number of aryl methyl sites for hydroxylation is 1. The fourth-order valence-corrected chi connectivity index (χ4v) is 3.35. The number of aromatic nitrogens is 7. The maximum atomic E-state index is 12.1. The molecule has 4 rings (SSSR count). The van der Waals surface area contributed by atoms with Crippen LogP contribution in [-0.2, 0) is 18.4 Å². The van der Waals surface area contributed by atoms with Gasteiger partial charge in [0.15, 0.2) is 0 Å². The summed E-state index contributed by atoms with van der Waals surface area (Å²) in [6.45, 7) is 4.30. The molecule has 0 unspecified atom stereocenters. The molecule has 1 aromatic carbocycles. The van der Waals surface area contributed by atoms with Gasteiger partial charge in [0.2, 0.25) is 5.91 Å². The summed E-state index contributed by atoms with van der Waals surface area (Å²) in [5.41, 5.74) is 1.92. The summed E-state index contributed by atoms with van der Waals surface area (Å²) >= 11 is 6.33. The zero-order valence-electron chi connectivity index (χ0n) is 18.0. The summed E-state index contributed by atoms with van der Waals surface area (Å²) in [5, 5.41) is 15.0. The Labute approximate surface area is 189 Å². The molecule has 0 spiro atoms. The van der Waals surface area contributed by atoms with Crippen LogP contribution in [0.15, 0.2) is 36.4 Å². The van der Waals surface area contributed by atoms with Crippen molar-refractivity contribution in [3.8, 4) is 12.0 Å². The number of hydrogen-bond acceptors (Lipinski definition) is 7. The quantitative estimate of drug-likeness (QED) is 0.433. The number of para-hydroxylation sites is 1. The number of tetrazole rings is 1.